The van der Waals surface area contributed by atoms with Crippen molar-refractivity contribution in [3.05, 3.63) is 29.8 Å². The van der Waals surface area contributed by atoms with Gasteiger partial charge >= 0.3 is 5.97 Å². The van der Waals surface area contributed by atoms with Crippen molar-refractivity contribution in [2.45, 2.75) is 39.3 Å². The Morgan fingerprint density at radius 3 is 2.29 bits per heavy atom. The van der Waals surface area contributed by atoms with E-state index in [0.717, 1.165) is 5.75 Å². The van der Waals surface area contributed by atoms with Gasteiger partial charge in [-0.1, -0.05) is 13.8 Å². The summed E-state index contributed by atoms with van der Waals surface area (Å²) in [5, 5.41) is 3.10. The summed E-state index contributed by atoms with van der Waals surface area (Å²) in [4.78, 5) is 23.9. The summed E-state index contributed by atoms with van der Waals surface area (Å²) in [6.07, 6.45) is 0.0146. The zero-order chi connectivity index (χ0) is 15.8. The van der Waals surface area contributed by atoms with Crippen molar-refractivity contribution in [2.24, 2.45) is 0 Å². The van der Waals surface area contributed by atoms with E-state index < -0.39 is 12.0 Å². The van der Waals surface area contributed by atoms with E-state index in [1.54, 1.807) is 24.3 Å². The molecule has 0 aliphatic carbocycles. The Bertz CT molecular complexity index is 468. The zero-order valence-corrected chi connectivity index (χ0v) is 13.0. The second kappa shape index (κ2) is 8.42. The molecule has 21 heavy (non-hydrogen) atoms. The lowest BCUT2D eigenvalue weighted by Gasteiger charge is -2.19. The summed E-state index contributed by atoms with van der Waals surface area (Å²) in [6, 6.07) is 6.42. The number of Topliss-reactive ketones (excluding diaryl/α,β-unsaturated/α-hetero) is 1. The summed E-state index contributed by atoms with van der Waals surface area (Å²) >= 11 is 0. The van der Waals surface area contributed by atoms with Crippen LogP contribution in [0.1, 0.15) is 37.6 Å². The van der Waals surface area contributed by atoms with Crippen molar-refractivity contribution in [1.82, 2.24) is 5.32 Å². The van der Waals surface area contributed by atoms with Gasteiger partial charge in [0.1, 0.15) is 5.75 Å². The van der Waals surface area contributed by atoms with Crippen LogP contribution in [0.25, 0.3) is 0 Å². The molecule has 5 heteroatoms. The number of nitrogens with one attached hydrogen (secondary N) is 1. The summed E-state index contributed by atoms with van der Waals surface area (Å²) < 4.78 is 9.99. The van der Waals surface area contributed by atoms with E-state index >= 15 is 0 Å². The molecule has 5 nitrogen and oxygen atoms in total. The molecule has 1 unspecified atom stereocenters. The first-order valence-corrected chi connectivity index (χ1v) is 7.07. The number of hydrogen-bond acceptors (Lipinski definition) is 5. The van der Waals surface area contributed by atoms with Crippen LogP contribution >= 0.6 is 0 Å². The predicted octanol–water partition coefficient (Wildman–Crippen LogP) is 2.20. The number of ketones is 1. The SMILES string of the molecule is CCOc1ccc(C(=O)C(CC(=O)OC)NC(C)C)cc1. The summed E-state index contributed by atoms with van der Waals surface area (Å²) in [5.41, 5.74) is 0.542. The maximum Gasteiger partial charge on any atom is 0.307 e. The van der Waals surface area contributed by atoms with Crippen molar-refractivity contribution in [3.8, 4) is 5.75 Å². The van der Waals surface area contributed by atoms with Gasteiger partial charge in [0, 0.05) is 11.6 Å². The molecule has 0 bridgehead atoms. The summed E-state index contributed by atoms with van der Waals surface area (Å²) in [5.74, 6) is 0.181. The van der Waals surface area contributed by atoms with Crippen molar-refractivity contribution in [1.29, 1.82) is 0 Å². The fraction of sp³-hybridized carbons (Fsp3) is 0.500. The molecule has 0 aliphatic rings. The molecule has 0 radical (unpaired) electrons. The Hall–Kier alpha value is -1.88. The first kappa shape index (κ1) is 17.2. The standard InChI is InChI=1S/C16H23NO4/c1-5-21-13-8-6-12(7-9-13)16(19)14(17-11(2)3)10-15(18)20-4/h6-9,11,14,17H,5,10H2,1-4H3. The molecule has 1 N–H and O–H groups in total. The second-order valence-corrected chi connectivity index (χ2v) is 4.98. The number of methoxy groups -OCH3 is 1. The molecule has 116 valence electrons. The molecule has 1 aromatic rings. The van der Waals surface area contributed by atoms with E-state index in [1.807, 2.05) is 20.8 Å². The Balaban J connectivity index is 2.85. The van der Waals surface area contributed by atoms with E-state index in [1.165, 1.54) is 7.11 Å². The highest BCUT2D eigenvalue weighted by molar-refractivity contribution is 6.01. The first-order chi connectivity index (χ1) is 9.97. The van der Waals surface area contributed by atoms with Crippen LogP contribution in [-0.2, 0) is 9.53 Å². The highest BCUT2D eigenvalue weighted by atomic mass is 16.5. The number of ether oxygens (including phenoxy) is 2. The van der Waals surface area contributed by atoms with Crippen LogP contribution in [-0.4, -0.2) is 37.6 Å². The fourth-order valence-corrected chi connectivity index (χ4v) is 1.96. The van der Waals surface area contributed by atoms with Crippen LogP contribution < -0.4 is 10.1 Å². The molecule has 0 aliphatic heterocycles. The van der Waals surface area contributed by atoms with E-state index in [2.05, 4.69) is 10.1 Å². The fourth-order valence-electron chi connectivity index (χ4n) is 1.96. The quantitative estimate of drug-likeness (QED) is 0.588. The van der Waals surface area contributed by atoms with Crippen LogP contribution in [0.3, 0.4) is 0 Å². The van der Waals surface area contributed by atoms with Crippen LogP contribution in [0.2, 0.25) is 0 Å². The third-order valence-electron chi connectivity index (χ3n) is 2.90. The van der Waals surface area contributed by atoms with Crippen LogP contribution in [0.5, 0.6) is 5.75 Å². The van der Waals surface area contributed by atoms with Gasteiger partial charge in [-0.05, 0) is 31.2 Å². The van der Waals surface area contributed by atoms with E-state index in [0.29, 0.717) is 12.2 Å². The average molecular weight is 293 g/mol. The van der Waals surface area contributed by atoms with Gasteiger partial charge in [-0.25, -0.2) is 0 Å². The lowest BCUT2D eigenvalue weighted by Crippen LogP contribution is -2.42. The Morgan fingerprint density at radius 2 is 1.81 bits per heavy atom. The van der Waals surface area contributed by atoms with Gasteiger partial charge in [0.15, 0.2) is 5.78 Å². The van der Waals surface area contributed by atoms with E-state index in [4.69, 9.17) is 4.74 Å². The van der Waals surface area contributed by atoms with Gasteiger partial charge in [-0.15, -0.1) is 0 Å². The maximum absolute atomic E-state index is 12.5. The first-order valence-electron chi connectivity index (χ1n) is 7.07. The number of benzene rings is 1. The Labute approximate surface area is 125 Å². The number of rotatable bonds is 8. The maximum atomic E-state index is 12.5. The van der Waals surface area contributed by atoms with Crippen LogP contribution in [0.15, 0.2) is 24.3 Å². The van der Waals surface area contributed by atoms with Crippen molar-refractivity contribution >= 4 is 11.8 Å². The molecule has 1 atom stereocenters. The monoisotopic (exact) mass is 293 g/mol. The van der Waals surface area contributed by atoms with E-state index in [9.17, 15) is 9.59 Å². The second-order valence-electron chi connectivity index (χ2n) is 4.98. The zero-order valence-electron chi connectivity index (χ0n) is 13.0. The van der Waals surface area contributed by atoms with Gasteiger partial charge in [-0.2, -0.15) is 0 Å². The molecule has 0 heterocycles. The lowest BCUT2D eigenvalue weighted by molar-refractivity contribution is -0.141. The number of carbonyl (C=O) groups excluding carboxylic acids is 2. The molecule has 0 spiro atoms. The molecular weight excluding hydrogens is 270 g/mol. The summed E-state index contributed by atoms with van der Waals surface area (Å²) in [6.45, 7) is 6.33. The van der Waals surface area contributed by atoms with Crippen LogP contribution in [0.4, 0.5) is 0 Å². The highest BCUT2D eigenvalue weighted by Gasteiger charge is 2.24. The third-order valence-corrected chi connectivity index (χ3v) is 2.90. The van der Waals surface area contributed by atoms with Gasteiger partial charge in [0.05, 0.1) is 26.2 Å². The number of esters is 1. The molecule has 0 saturated carbocycles. The molecule has 0 aromatic heterocycles. The highest BCUT2D eigenvalue weighted by Crippen LogP contribution is 2.15. The van der Waals surface area contributed by atoms with Crippen molar-refractivity contribution in [3.63, 3.8) is 0 Å². The van der Waals surface area contributed by atoms with Crippen LogP contribution in [0, 0.1) is 0 Å². The van der Waals surface area contributed by atoms with Crippen molar-refractivity contribution < 1.29 is 19.1 Å². The topological polar surface area (TPSA) is 64.6 Å². The van der Waals surface area contributed by atoms with E-state index in [-0.39, 0.29) is 18.2 Å². The molecule has 1 rings (SSSR count). The minimum Gasteiger partial charge on any atom is -0.494 e. The Morgan fingerprint density at radius 1 is 1.19 bits per heavy atom. The average Bonchev–Trinajstić information content (AvgIpc) is 2.46. The predicted molar refractivity (Wildman–Crippen MR) is 80.6 cm³/mol. The van der Waals surface area contributed by atoms with Gasteiger partial charge in [0.2, 0.25) is 0 Å². The molecule has 0 amide bonds. The van der Waals surface area contributed by atoms with Crippen molar-refractivity contribution in [2.75, 3.05) is 13.7 Å². The lowest BCUT2D eigenvalue weighted by atomic mass is 10.0. The smallest absolute Gasteiger partial charge is 0.307 e. The normalized spacial score (nSPS) is 12.0. The minimum absolute atomic E-state index is 0.0146. The molecular formula is C16H23NO4. The van der Waals surface area contributed by atoms with Gasteiger partial charge in [0.25, 0.3) is 0 Å². The minimum atomic E-state index is -0.588. The number of hydrogen-bond donors (Lipinski definition) is 1. The van der Waals surface area contributed by atoms with Gasteiger partial charge < -0.3 is 14.8 Å². The van der Waals surface area contributed by atoms with Gasteiger partial charge in [-0.3, -0.25) is 9.59 Å². The third kappa shape index (κ3) is 5.55. The molecule has 0 fully saturated rings. The number of carbonyl (C=O) groups is 2. The molecule has 1 aromatic carbocycles. The molecule has 0 saturated heterocycles. The summed E-state index contributed by atoms with van der Waals surface area (Å²) in [7, 11) is 1.32. The Kier molecular flexibility index (Phi) is 6.88. The largest absolute Gasteiger partial charge is 0.494 e.